The summed E-state index contributed by atoms with van der Waals surface area (Å²) >= 11 is 0. The van der Waals surface area contributed by atoms with Gasteiger partial charge in [0, 0.05) is 12.6 Å². The number of benzene rings is 1. The molecule has 23 heavy (non-hydrogen) atoms. The molecule has 0 radical (unpaired) electrons. The highest BCUT2D eigenvalue weighted by Gasteiger charge is 2.26. The molecule has 1 aliphatic rings. The Bertz CT molecular complexity index is 512. The molecule has 2 N–H and O–H groups in total. The molecule has 1 aliphatic carbocycles. The summed E-state index contributed by atoms with van der Waals surface area (Å²) in [5.74, 6) is 0.292. The molecule has 5 nitrogen and oxygen atoms in total. The van der Waals surface area contributed by atoms with Crippen LogP contribution in [0, 0.1) is 11.7 Å². The first-order chi connectivity index (χ1) is 11.0. The SMILES string of the molecule is CN(CC(=O)NCCOc1cccc(F)c1)CC1CCCC1O. The third kappa shape index (κ3) is 6.15. The molecule has 0 aliphatic heterocycles. The minimum Gasteiger partial charge on any atom is -0.492 e. The highest BCUT2D eigenvalue weighted by molar-refractivity contribution is 5.77. The average Bonchev–Trinajstić information content (AvgIpc) is 2.89. The lowest BCUT2D eigenvalue weighted by Gasteiger charge is -2.22. The van der Waals surface area contributed by atoms with E-state index in [0.717, 1.165) is 25.8 Å². The molecule has 2 unspecified atom stereocenters. The van der Waals surface area contributed by atoms with Crippen LogP contribution in [-0.4, -0.2) is 55.3 Å². The zero-order chi connectivity index (χ0) is 16.7. The Labute approximate surface area is 136 Å². The fourth-order valence-electron chi connectivity index (χ4n) is 2.91. The van der Waals surface area contributed by atoms with E-state index in [0.29, 0.717) is 25.4 Å². The van der Waals surface area contributed by atoms with Crippen LogP contribution in [0.15, 0.2) is 24.3 Å². The van der Waals surface area contributed by atoms with Gasteiger partial charge in [-0.3, -0.25) is 9.69 Å². The minimum atomic E-state index is -0.345. The maximum absolute atomic E-state index is 13.0. The van der Waals surface area contributed by atoms with Gasteiger partial charge in [-0.1, -0.05) is 12.5 Å². The van der Waals surface area contributed by atoms with E-state index >= 15 is 0 Å². The van der Waals surface area contributed by atoms with E-state index in [9.17, 15) is 14.3 Å². The number of likely N-dealkylation sites (N-methyl/N-ethyl adjacent to an activating group) is 1. The highest BCUT2D eigenvalue weighted by atomic mass is 19.1. The first-order valence-electron chi connectivity index (χ1n) is 8.06. The van der Waals surface area contributed by atoms with Crippen molar-refractivity contribution in [3.05, 3.63) is 30.1 Å². The van der Waals surface area contributed by atoms with Crippen LogP contribution in [0.5, 0.6) is 5.75 Å². The van der Waals surface area contributed by atoms with E-state index in [1.807, 2.05) is 11.9 Å². The Morgan fingerprint density at radius 1 is 1.48 bits per heavy atom. The minimum absolute atomic E-state index is 0.0807. The number of aliphatic hydroxyl groups is 1. The van der Waals surface area contributed by atoms with Crippen molar-refractivity contribution in [2.75, 3.05) is 33.3 Å². The summed E-state index contributed by atoms with van der Waals surface area (Å²) in [6.07, 6.45) is 2.71. The summed E-state index contributed by atoms with van der Waals surface area (Å²) in [5.41, 5.74) is 0. The molecule has 1 saturated carbocycles. The molecule has 0 aromatic heterocycles. The molecule has 128 valence electrons. The van der Waals surface area contributed by atoms with Crippen LogP contribution < -0.4 is 10.1 Å². The van der Waals surface area contributed by atoms with Gasteiger partial charge in [0.15, 0.2) is 0 Å². The normalized spacial score (nSPS) is 20.7. The van der Waals surface area contributed by atoms with E-state index in [2.05, 4.69) is 5.32 Å². The third-order valence-corrected chi connectivity index (χ3v) is 4.07. The second-order valence-corrected chi connectivity index (χ2v) is 6.11. The van der Waals surface area contributed by atoms with Gasteiger partial charge in [-0.15, -0.1) is 0 Å². The molecule has 2 atom stereocenters. The number of aliphatic hydroxyl groups excluding tert-OH is 1. The maximum Gasteiger partial charge on any atom is 0.234 e. The molecule has 0 bridgehead atoms. The van der Waals surface area contributed by atoms with Gasteiger partial charge in [0.2, 0.25) is 5.91 Å². The molecular weight excluding hydrogens is 299 g/mol. The third-order valence-electron chi connectivity index (χ3n) is 4.07. The molecule has 0 heterocycles. The largest absolute Gasteiger partial charge is 0.492 e. The van der Waals surface area contributed by atoms with Gasteiger partial charge in [-0.25, -0.2) is 4.39 Å². The van der Waals surface area contributed by atoms with Crippen molar-refractivity contribution in [3.8, 4) is 5.75 Å². The number of carbonyl (C=O) groups excluding carboxylic acids is 1. The molecule has 6 heteroatoms. The molecule has 1 aromatic carbocycles. The predicted octanol–water partition coefficient (Wildman–Crippen LogP) is 1.41. The smallest absolute Gasteiger partial charge is 0.234 e. The molecule has 0 saturated heterocycles. The molecule has 0 spiro atoms. The summed E-state index contributed by atoms with van der Waals surface area (Å²) in [6, 6.07) is 5.91. The van der Waals surface area contributed by atoms with Gasteiger partial charge >= 0.3 is 0 Å². The quantitative estimate of drug-likeness (QED) is 0.710. The standard InChI is InChI=1S/C17H25FN2O3/c1-20(11-13-4-2-7-16(13)21)12-17(22)19-8-9-23-15-6-3-5-14(18)10-15/h3,5-6,10,13,16,21H,2,4,7-9,11-12H2,1H3,(H,19,22). The highest BCUT2D eigenvalue weighted by Crippen LogP contribution is 2.25. The van der Waals surface area contributed by atoms with E-state index in [1.165, 1.54) is 12.1 Å². The second-order valence-electron chi connectivity index (χ2n) is 6.11. The fraction of sp³-hybridized carbons (Fsp3) is 0.588. The lowest BCUT2D eigenvalue weighted by atomic mass is 10.1. The lowest BCUT2D eigenvalue weighted by Crippen LogP contribution is -2.39. The van der Waals surface area contributed by atoms with Crippen molar-refractivity contribution >= 4 is 5.91 Å². The molecule has 1 amide bonds. The van der Waals surface area contributed by atoms with Crippen LogP contribution in [0.2, 0.25) is 0 Å². The second kappa shape index (κ2) is 8.84. The first-order valence-corrected chi connectivity index (χ1v) is 8.06. The van der Waals surface area contributed by atoms with Gasteiger partial charge in [0.05, 0.1) is 19.2 Å². The van der Waals surface area contributed by atoms with Crippen molar-refractivity contribution in [1.29, 1.82) is 0 Å². The Morgan fingerprint density at radius 3 is 3.00 bits per heavy atom. The van der Waals surface area contributed by atoms with Crippen LogP contribution in [0.25, 0.3) is 0 Å². The number of nitrogens with one attached hydrogen (secondary N) is 1. The number of ether oxygens (including phenoxy) is 1. The first kappa shape index (κ1) is 17.7. The Morgan fingerprint density at radius 2 is 2.30 bits per heavy atom. The van der Waals surface area contributed by atoms with Gasteiger partial charge in [0.1, 0.15) is 18.2 Å². The maximum atomic E-state index is 13.0. The summed E-state index contributed by atoms with van der Waals surface area (Å²) in [7, 11) is 1.88. The molecule has 2 rings (SSSR count). The van der Waals surface area contributed by atoms with Gasteiger partial charge in [-0.2, -0.15) is 0 Å². The summed E-state index contributed by atoms with van der Waals surface area (Å²) in [6.45, 7) is 1.69. The Balaban J connectivity index is 1.59. The number of halogens is 1. The van der Waals surface area contributed by atoms with E-state index in [1.54, 1.807) is 12.1 Å². The van der Waals surface area contributed by atoms with Gasteiger partial charge in [-0.05, 0) is 37.9 Å². The van der Waals surface area contributed by atoms with E-state index < -0.39 is 0 Å². The van der Waals surface area contributed by atoms with Crippen LogP contribution in [-0.2, 0) is 4.79 Å². The van der Waals surface area contributed by atoms with Crippen LogP contribution >= 0.6 is 0 Å². The molecule has 1 fully saturated rings. The zero-order valence-corrected chi connectivity index (χ0v) is 13.5. The number of carbonyl (C=O) groups is 1. The van der Waals surface area contributed by atoms with Gasteiger partial charge in [0.25, 0.3) is 0 Å². The Kier molecular flexibility index (Phi) is 6.80. The lowest BCUT2D eigenvalue weighted by molar-refractivity contribution is -0.122. The average molecular weight is 324 g/mol. The van der Waals surface area contributed by atoms with Crippen molar-refractivity contribution in [2.45, 2.75) is 25.4 Å². The number of hydrogen-bond donors (Lipinski definition) is 2. The topological polar surface area (TPSA) is 61.8 Å². The number of rotatable bonds is 8. The van der Waals surface area contributed by atoms with E-state index in [4.69, 9.17) is 4.74 Å². The zero-order valence-electron chi connectivity index (χ0n) is 13.5. The predicted molar refractivity (Wildman–Crippen MR) is 85.7 cm³/mol. The van der Waals surface area contributed by atoms with Crippen LogP contribution in [0.1, 0.15) is 19.3 Å². The number of amides is 1. The van der Waals surface area contributed by atoms with Gasteiger partial charge < -0.3 is 15.2 Å². The fourth-order valence-corrected chi connectivity index (χ4v) is 2.91. The van der Waals surface area contributed by atoms with Crippen LogP contribution in [0.3, 0.4) is 0 Å². The molecular formula is C17H25FN2O3. The van der Waals surface area contributed by atoms with Crippen molar-refractivity contribution < 1.29 is 19.0 Å². The van der Waals surface area contributed by atoms with Crippen LogP contribution in [0.4, 0.5) is 4.39 Å². The van der Waals surface area contributed by atoms with E-state index in [-0.39, 0.29) is 23.7 Å². The Hall–Kier alpha value is -1.66. The van der Waals surface area contributed by atoms with Crippen molar-refractivity contribution in [3.63, 3.8) is 0 Å². The summed E-state index contributed by atoms with van der Waals surface area (Å²) in [5, 5.41) is 12.6. The van der Waals surface area contributed by atoms with Crippen molar-refractivity contribution in [1.82, 2.24) is 10.2 Å². The summed E-state index contributed by atoms with van der Waals surface area (Å²) in [4.78, 5) is 13.8. The number of hydrogen-bond acceptors (Lipinski definition) is 4. The number of nitrogens with zero attached hydrogens (tertiary/aromatic N) is 1. The summed E-state index contributed by atoms with van der Waals surface area (Å²) < 4.78 is 18.3. The van der Waals surface area contributed by atoms with Crippen molar-refractivity contribution in [2.24, 2.45) is 5.92 Å². The molecule has 1 aromatic rings. The monoisotopic (exact) mass is 324 g/mol.